The van der Waals surface area contributed by atoms with Gasteiger partial charge < -0.3 is 0 Å². The Balaban J connectivity index is 2.02. The van der Waals surface area contributed by atoms with Gasteiger partial charge >= 0.3 is 0 Å². The summed E-state index contributed by atoms with van der Waals surface area (Å²) in [6, 6.07) is 11.5. The zero-order valence-corrected chi connectivity index (χ0v) is 12.4. The molecule has 0 fully saturated rings. The summed E-state index contributed by atoms with van der Waals surface area (Å²) in [7, 11) is 0. The highest BCUT2D eigenvalue weighted by Crippen LogP contribution is 2.17. The van der Waals surface area contributed by atoms with Crippen molar-refractivity contribution < 1.29 is 4.79 Å². The van der Waals surface area contributed by atoms with Crippen LogP contribution in [0.4, 0.5) is 0 Å². The zero-order chi connectivity index (χ0) is 14.5. The number of halogens is 3. The Hall–Kier alpha value is -1.55. The summed E-state index contributed by atoms with van der Waals surface area (Å²) < 4.78 is 0. The lowest BCUT2D eigenvalue weighted by Crippen LogP contribution is -2.17. The van der Waals surface area contributed by atoms with E-state index < -0.39 is 0 Å². The first-order valence-corrected chi connectivity index (χ1v) is 6.73. The summed E-state index contributed by atoms with van der Waals surface area (Å²) in [6.45, 7) is 0. The van der Waals surface area contributed by atoms with E-state index in [0.717, 1.165) is 0 Å². The number of benzene rings is 2. The highest BCUT2D eigenvalue weighted by molar-refractivity contribution is 6.35. The summed E-state index contributed by atoms with van der Waals surface area (Å²) in [5.74, 6) is -0.328. The summed E-state index contributed by atoms with van der Waals surface area (Å²) in [5.41, 5.74) is 3.57. The van der Waals surface area contributed by atoms with Gasteiger partial charge in [-0.3, -0.25) is 4.79 Å². The van der Waals surface area contributed by atoms with Crippen LogP contribution in [-0.2, 0) is 0 Å². The van der Waals surface area contributed by atoms with Gasteiger partial charge in [0.2, 0.25) is 0 Å². The molecule has 102 valence electrons. The SMILES string of the molecule is O=C(N/N=C/c1cc(Cl)cc(Cl)c1)c1ccc(Cl)cc1. The molecule has 0 unspecified atom stereocenters. The second-order valence-corrected chi connectivity index (χ2v) is 5.22. The van der Waals surface area contributed by atoms with Crippen molar-refractivity contribution in [2.24, 2.45) is 5.10 Å². The van der Waals surface area contributed by atoms with Crippen molar-refractivity contribution in [2.45, 2.75) is 0 Å². The van der Waals surface area contributed by atoms with Crippen LogP contribution in [0.5, 0.6) is 0 Å². The van der Waals surface area contributed by atoms with Gasteiger partial charge in [-0.05, 0) is 48.0 Å². The lowest BCUT2D eigenvalue weighted by atomic mass is 10.2. The molecular formula is C14H9Cl3N2O. The molecule has 2 rings (SSSR count). The molecule has 0 saturated heterocycles. The van der Waals surface area contributed by atoms with Gasteiger partial charge in [0.15, 0.2) is 0 Å². The van der Waals surface area contributed by atoms with E-state index in [-0.39, 0.29) is 5.91 Å². The molecule has 20 heavy (non-hydrogen) atoms. The standard InChI is InChI=1S/C14H9Cl3N2O/c15-11-3-1-10(2-4-11)14(20)19-18-8-9-5-12(16)7-13(17)6-9/h1-8H,(H,19,20)/b18-8+. The minimum absolute atomic E-state index is 0.328. The number of nitrogens with one attached hydrogen (secondary N) is 1. The molecule has 2 aromatic carbocycles. The molecule has 1 N–H and O–H groups in total. The van der Waals surface area contributed by atoms with Crippen LogP contribution < -0.4 is 5.43 Å². The van der Waals surface area contributed by atoms with Crippen LogP contribution in [0.15, 0.2) is 47.6 Å². The van der Waals surface area contributed by atoms with Crippen molar-refractivity contribution >= 4 is 46.9 Å². The topological polar surface area (TPSA) is 41.5 Å². The van der Waals surface area contributed by atoms with Crippen molar-refractivity contribution in [3.63, 3.8) is 0 Å². The Morgan fingerprint density at radius 1 is 0.950 bits per heavy atom. The van der Waals surface area contributed by atoms with Gasteiger partial charge in [0.1, 0.15) is 0 Å². The average Bonchev–Trinajstić information content (AvgIpc) is 2.38. The van der Waals surface area contributed by atoms with Gasteiger partial charge in [-0.15, -0.1) is 0 Å². The number of rotatable bonds is 3. The second-order valence-electron chi connectivity index (χ2n) is 3.91. The first kappa shape index (κ1) is 14.9. The maximum Gasteiger partial charge on any atom is 0.271 e. The number of carbonyl (C=O) groups excluding carboxylic acids is 1. The van der Waals surface area contributed by atoms with Gasteiger partial charge in [0.25, 0.3) is 5.91 Å². The van der Waals surface area contributed by atoms with E-state index in [0.29, 0.717) is 26.2 Å². The van der Waals surface area contributed by atoms with E-state index in [1.165, 1.54) is 6.21 Å². The predicted molar refractivity (Wildman–Crippen MR) is 83.0 cm³/mol. The van der Waals surface area contributed by atoms with E-state index >= 15 is 0 Å². The monoisotopic (exact) mass is 326 g/mol. The Labute approximate surface area is 131 Å². The third kappa shape index (κ3) is 4.23. The van der Waals surface area contributed by atoms with Crippen LogP contribution in [0.2, 0.25) is 15.1 Å². The molecule has 0 aromatic heterocycles. The number of hydrazone groups is 1. The number of carbonyl (C=O) groups is 1. The molecule has 0 bridgehead atoms. The number of nitrogens with zero attached hydrogens (tertiary/aromatic N) is 1. The van der Waals surface area contributed by atoms with Gasteiger partial charge in [-0.2, -0.15) is 5.10 Å². The van der Waals surface area contributed by atoms with Gasteiger partial charge in [0, 0.05) is 20.6 Å². The van der Waals surface area contributed by atoms with E-state index in [4.69, 9.17) is 34.8 Å². The van der Waals surface area contributed by atoms with Crippen molar-refractivity contribution in [3.05, 3.63) is 68.7 Å². The highest BCUT2D eigenvalue weighted by atomic mass is 35.5. The molecule has 0 radical (unpaired) electrons. The molecular weight excluding hydrogens is 319 g/mol. The Morgan fingerprint density at radius 2 is 1.55 bits per heavy atom. The third-order valence-electron chi connectivity index (χ3n) is 2.37. The lowest BCUT2D eigenvalue weighted by molar-refractivity contribution is 0.0955. The van der Waals surface area contributed by atoms with Crippen molar-refractivity contribution in [1.29, 1.82) is 0 Å². The molecule has 0 aliphatic heterocycles. The Bertz CT molecular complexity index is 634. The van der Waals surface area contributed by atoms with Crippen LogP contribution in [-0.4, -0.2) is 12.1 Å². The van der Waals surface area contributed by atoms with Gasteiger partial charge in [-0.1, -0.05) is 34.8 Å². The molecule has 0 aliphatic rings. The fraction of sp³-hybridized carbons (Fsp3) is 0. The van der Waals surface area contributed by atoms with Crippen LogP contribution in [0.25, 0.3) is 0 Å². The molecule has 2 aromatic rings. The summed E-state index contributed by atoms with van der Waals surface area (Å²) in [4.78, 5) is 11.8. The van der Waals surface area contributed by atoms with Crippen LogP contribution in [0, 0.1) is 0 Å². The number of hydrogen-bond donors (Lipinski definition) is 1. The minimum atomic E-state index is -0.328. The third-order valence-corrected chi connectivity index (χ3v) is 3.06. The van der Waals surface area contributed by atoms with Crippen LogP contribution >= 0.6 is 34.8 Å². The number of amides is 1. The molecule has 1 amide bonds. The normalized spacial score (nSPS) is 10.8. The van der Waals surface area contributed by atoms with E-state index in [2.05, 4.69) is 10.5 Å². The summed E-state index contributed by atoms with van der Waals surface area (Å²) in [5, 5.41) is 5.42. The van der Waals surface area contributed by atoms with Gasteiger partial charge in [-0.25, -0.2) is 5.43 Å². The van der Waals surface area contributed by atoms with E-state index in [1.54, 1.807) is 42.5 Å². The zero-order valence-electron chi connectivity index (χ0n) is 10.1. The molecule has 6 heteroatoms. The summed E-state index contributed by atoms with van der Waals surface area (Å²) >= 11 is 17.5. The highest BCUT2D eigenvalue weighted by Gasteiger charge is 2.03. The quantitative estimate of drug-likeness (QED) is 0.658. The van der Waals surface area contributed by atoms with Crippen molar-refractivity contribution in [3.8, 4) is 0 Å². The van der Waals surface area contributed by atoms with Gasteiger partial charge in [0.05, 0.1) is 6.21 Å². The first-order chi connectivity index (χ1) is 9.54. The van der Waals surface area contributed by atoms with Crippen molar-refractivity contribution in [1.82, 2.24) is 5.43 Å². The fourth-order valence-electron chi connectivity index (χ4n) is 1.48. The molecule has 0 heterocycles. The Kier molecular flexibility index (Phi) is 5.01. The fourth-order valence-corrected chi connectivity index (χ4v) is 2.15. The molecule has 3 nitrogen and oxygen atoms in total. The largest absolute Gasteiger partial charge is 0.271 e. The van der Waals surface area contributed by atoms with Crippen LogP contribution in [0.3, 0.4) is 0 Å². The predicted octanol–water partition coefficient (Wildman–Crippen LogP) is 4.41. The first-order valence-electron chi connectivity index (χ1n) is 5.59. The molecule has 0 aliphatic carbocycles. The lowest BCUT2D eigenvalue weighted by Gasteiger charge is -2.00. The van der Waals surface area contributed by atoms with Crippen molar-refractivity contribution in [2.75, 3.05) is 0 Å². The maximum atomic E-state index is 11.8. The van der Waals surface area contributed by atoms with E-state index in [9.17, 15) is 4.79 Å². The summed E-state index contributed by atoms with van der Waals surface area (Å²) in [6.07, 6.45) is 1.46. The number of hydrogen-bond acceptors (Lipinski definition) is 2. The molecule has 0 atom stereocenters. The Morgan fingerprint density at radius 3 is 2.15 bits per heavy atom. The smallest absolute Gasteiger partial charge is 0.267 e. The maximum absolute atomic E-state index is 11.8. The molecule has 0 saturated carbocycles. The van der Waals surface area contributed by atoms with E-state index in [1.807, 2.05) is 0 Å². The average molecular weight is 328 g/mol. The molecule has 0 spiro atoms. The van der Waals surface area contributed by atoms with Crippen LogP contribution in [0.1, 0.15) is 15.9 Å². The minimum Gasteiger partial charge on any atom is -0.267 e. The second kappa shape index (κ2) is 6.75.